The first-order chi connectivity index (χ1) is 12.8. The van der Waals surface area contributed by atoms with Gasteiger partial charge in [0.1, 0.15) is 0 Å². The normalized spacial score (nSPS) is 15.5. The highest BCUT2D eigenvalue weighted by Crippen LogP contribution is 2.30. The minimum absolute atomic E-state index is 0.216. The van der Waals surface area contributed by atoms with Crippen LogP contribution >= 0.6 is 8.58 Å². The molecule has 0 amide bonds. The van der Waals surface area contributed by atoms with Gasteiger partial charge in [-0.25, -0.2) is 0 Å². The number of methoxy groups -OCH3 is 2. The van der Waals surface area contributed by atoms with Crippen LogP contribution in [0.2, 0.25) is 0 Å². The molecule has 1 saturated heterocycles. The zero-order valence-corrected chi connectivity index (χ0v) is 16.7. The van der Waals surface area contributed by atoms with Crippen LogP contribution in [0.25, 0.3) is 0 Å². The van der Waals surface area contributed by atoms with E-state index in [0.717, 1.165) is 23.3 Å². The van der Waals surface area contributed by atoms with Gasteiger partial charge in [-0.15, -0.1) is 0 Å². The van der Waals surface area contributed by atoms with E-state index >= 15 is 0 Å². The van der Waals surface area contributed by atoms with Gasteiger partial charge in [0, 0.05) is 19.0 Å². The summed E-state index contributed by atoms with van der Waals surface area (Å²) >= 11 is 0. The molecule has 26 heavy (non-hydrogen) atoms. The molecule has 5 heteroatoms. The molecule has 0 bridgehead atoms. The molecule has 140 valence electrons. The molecule has 0 saturated carbocycles. The number of nitrogens with zero attached hydrogens (tertiary/aromatic N) is 1. The summed E-state index contributed by atoms with van der Waals surface area (Å²) in [6, 6.07) is 14.8. The second-order valence-electron chi connectivity index (χ2n) is 6.51. The number of likely N-dealkylation sites (tertiary alicyclic amines) is 1. The smallest absolute Gasteiger partial charge is 0.188 e. The van der Waals surface area contributed by atoms with Gasteiger partial charge >= 0.3 is 0 Å². The summed E-state index contributed by atoms with van der Waals surface area (Å²) in [5, 5.41) is 2.51. The van der Waals surface area contributed by atoms with Gasteiger partial charge in [0.05, 0.1) is 7.11 Å². The predicted octanol–water partition coefficient (Wildman–Crippen LogP) is 3.29. The first-order valence-electron chi connectivity index (χ1n) is 9.18. The Bertz CT molecular complexity index is 701. The van der Waals surface area contributed by atoms with Crippen LogP contribution in [-0.4, -0.2) is 39.0 Å². The predicted molar refractivity (Wildman–Crippen MR) is 109 cm³/mol. The third-order valence-electron chi connectivity index (χ3n) is 4.65. The van der Waals surface area contributed by atoms with E-state index in [1.807, 2.05) is 12.1 Å². The molecule has 4 nitrogen and oxygen atoms in total. The number of hydrogen-bond donors (Lipinski definition) is 0. The molecule has 1 atom stereocenters. The average molecular weight is 373 g/mol. The number of ether oxygens (including phenoxy) is 3. The third-order valence-corrected chi connectivity index (χ3v) is 6.07. The number of hydrogen-bond acceptors (Lipinski definition) is 4. The van der Waals surface area contributed by atoms with Gasteiger partial charge in [0.2, 0.25) is 0 Å². The largest absolute Gasteiger partial charge is 0.493 e. The molecule has 1 aliphatic rings. The number of piperidine rings is 1. The number of para-hydroxylation sites is 1. The molecule has 0 aromatic heterocycles. The minimum Gasteiger partial charge on any atom is -0.493 e. The monoisotopic (exact) mass is 373 g/mol. The molecule has 3 rings (SSSR count). The fourth-order valence-electron chi connectivity index (χ4n) is 3.33. The van der Waals surface area contributed by atoms with Crippen LogP contribution in [0.4, 0.5) is 0 Å². The molecule has 1 heterocycles. The second kappa shape index (κ2) is 9.91. The summed E-state index contributed by atoms with van der Waals surface area (Å²) in [7, 11) is 3.82. The first-order valence-corrected chi connectivity index (χ1v) is 10.2. The van der Waals surface area contributed by atoms with Gasteiger partial charge in [-0.2, -0.15) is 0 Å². The Labute approximate surface area is 158 Å². The first kappa shape index (κ1) is 19.2. The number of benzene rings is 2. The Kier molecular flexibility index (Phi) is 7.31. The van der Waals surface area contributed by atoms with Gasteiger partial charge in [0.25, 0.3) is 0 Å². The lowest BCUT2D eigenvalue weighted by Crippen LogP contribution is -2.30. The van der Waals surface area contributed by atoms with E-state index < -0.39 is 0 Å². The minimum atomic E-state index is 0.216. The molecule has 2 aromatic rings. The maximum absolute atomic E-state index is 5.82. The van der Waals surface area contributed by atoms with Crippen LogP contribution in [0.3, 0.4) is 0 Å². The topological polar surface area (TPSA) is 30.9 Å². The highest BCUT2D eigenvalue weighted by Gasteiger charge is 2.15. The molecule has 1 unspecified atom stereocenters. The lowest BCUT2D eigenvalue weighted by Gasteiger charge is -2.27. The Morgan fingerprint density at radius 3 is 2.46 bits per heavy atom. The summed E-state index contributed by atoms with van der Waals surface area (Å²) in [4.78, 5) is 2.57. The molecule has 1 fully saturated rings. The molecule has 0 radical (unpaired) electrons. The number of rotatable bonds is 8. The third kappa shape index (κ3) is 4.97. The molecule has 0 spiro atoms. The van der Waals surface area contributed by atoms with Crippen LogP contribution in [0, 0.1) is 0 Å². The Balaban J connectivity index is 1.82. The van der Waals surface area contributed by atoms with E-state index in [2.05, 4.69) is 35.2 Å². The maximum atomic E-state index is 5.82. The summed E-state index contributed by atoms with van der Waals surface area (Å²) in [6.45, 7) is 3.66. The fourth-order valence-corrected chi connectivity index (χ4v) is 4.61. The van der Waals surface area contributed by atoms with Gasteiger partial charge in [-0.05, 0) is 42.9 Å². The quantitative estimate of drug-likeness (QED) is 0.525. The van der Waals surface area contributed by atoms with Crippen molar-refractivity contribution in [3.8, 4) is 11.5 Å². The van der Waals surface area contributed by atoms with Crippen molar-refractivity contribution in [2.75, 3.05) is 34.1 Å². The van der Waals surface area contributed by atoms with E-state index in [9.17, 15) is 0 Å². The highest BCUT2D eigenvalue weighted by atomic mass is 31.1. The average Bonchev–Trinajstić information content (AvgIpc) is 2.69. The van der Waals surface area contributed by atoms with Crippen LogP contribution in [0.5, 0.6) is 11.5 Å². The zero-order chi connectivity index (χ0) is 18.2. The van der Waals surface area contributed by atoms with Crippen molar-refractivity contribution in [1.82, 2.24) is 4.90 Å². The summed E-state index contributed by atoms with van der Waals surface area (Å²) in [5.41, 5.74) is 1.41. The van der Waals surface area contributed by atoms with Crippen LogP contribution < -0.4 is 20.1 Å². The van der Waals surface area contributed by atoms with Crippen molar-refractivity contribution in [3.63, 3.8) is 0 Å². The van der Waals surface area contributed by atoms with Crippen LogP contribution in [0.1, 0.15) is 24.8 Å². The fraction of sp³-hybridized carbons (Fsp3) is 0.429. The van der Waals surface area contributed by atoms with E-state index in [1.54, 1.807) is 14.2 Å². The Morgan fingerprint density at radius 2 is 1.69 bits per heavy atom. The molecule has 1 aliphatic heterocycles. The van der Waals surface area contributed by atoms with Crippen molar-refractivity contribution < 1.29 is 14.2 Å². The van der Waals surface area contributed by atoms with E-state index in [0.29, 0.717) is 8.58 Å². The van der Waals surface area contributed by atoms with Crippen molar-refractivity contribution in [2.24, 2.45) is 0 Å². The van der Waals surface area contributed by atoms with E-state index in [1.165, 1.54) is 43.2 Å². The van der Waals surface area contributed by atoms with Gasteiger partial charge in [-0.3, -0.25) is 4.90 Å². The summed E-state index contributed by atoms with van der Waals surface area (Å²) in [6.07, 6.45) is 3.99. The van der Waals surface area contributed by atoms with Gasteiger partial charge in [-0.1, -0.05) is 51.4 Å². The van der Waals surface area contributed by atoms with E-state index in [4.69, 9.17) is 14.2 Å². The SMILES string of the molecule is COCOc1c(OC)cccc1Pc1ccccc1CN1CCCCC1. The molecular weight excluding hydrogens is 345 g/mol. The summed E-state index contributed by atoms with van der Waals surface area (Å²) in [5.74, 6) is 1.53. The Hall–Kier alpha value is -1.61. The van der Waals surface area contributed by atoms with E-state index in [-0.39, 0.29) is 6.79 Å². The lowest BCUT2D eigenvalue weighted by atomic mass is 10.1. The van der Waals surface area contributed by atoms with Crippen molar-refractivity contribution >= 4 is 19.2 Å². The second-order valence-corrected chi connectivity index (χ2v) is 7.83. The Morgan fingerprint density at radius 1 is 0.923 bits per heavy atom. The molecule has 0 N–H and O–H groups in total. The van der Waals surface area contributed by atoms with Crippen molar-refractivity contribution in [3.05, 3.63) is 48.0 Å². The zero-order valence-electron chi connectivity index (χ0n) is 15.7. The van der Waals surface area contributed by atoms with Crippen molar-refractivity contribution in [1.29, 1.82) is 0 Å². The molecule has 0 aliphatic carbocycles. The molecule has 2 aromatic carbocycles. The van der Waals surface area contributed by atoms with Crippen LogP contribution in [0.15, 0.2) is 42.5 Å². The van der Waals surface area contributed by atoms with Crippen molar-refractivity contribution in [2.45, 2.75) is 25.8 Å². The standard InChI is InChI=1S/C21H28NO3P/c1-23-16-25-21-18(24-2)10-8-12-20(21)26-19-11-5-4-9-17(19)15-22-13-6-3-7-14-22/h4-5,8-12,26H,3,6-7,13-16H2,1-2H3. The van der Waals surface area contributed by atoms with Gasteiger partial charge < -0.3 is 14.2 Å². The van der Waals surface area contributed by atoms with Crippen LogP contribution in [-0.2, 0) is 11.3 Å². The maximum Gasteiger partial charge on any atom is 0.188 e. The lowest BCUT2D eigenvalue weighted by molar-refractivity contribution is 0.0500. The highest BCUT2D eigenvalue weighted by molar-refractivity contribution is 7.55. The molecular formula is C21H28NO3P. The van der Waals surface area contributed by atoms with Gasteiger partial charge in [0.15, 0.2) is 18.3 Å². The summed E-state index contributed by atoms with van der Waals surface area (Å²) < 4.78 is 16.4.